The molecule has 184 valence electrons. The predicted octanol–water partition coefficient (Wildman–Crippen LogP) is 6.03. The molecule has 4 rings (SSSR count). The van der Waals surface area contributed by atoms with Crippen LogP contribution >= 0.6 is 46.6 Å². The summed E-state index contributed by atoms with van der Waals surface area (Å²) in [6.07, 6.45) is 1.03. The molecule has 2 nitrogen and oxygen atoms in total. The summed E-state index contributed by atoms with van der Waals surface area (Å²) >= 11 is 20.3. The fraction of sp³-hybridized carbons (Fsp3) is 0.214. The van der Waals surface area contributed by atoms with Crippen LogP contribution in [0.25, 0.3) is 10.8 Å². The molecule has 0 aliphatic heterocycles. The van der Waals surface area contributed by atoms with Gasteiger partial charge in [0.05, 0.1) is 30.7 Å². The molecule has 0 aromatic heterocycles. The van der Waals surface area contributed by atoms with E-state index in [4.69, 9.17) is 34.8 Å². The summed E-state index contributed by atoms with van der Waals surface area (Å²) in [6.45, 7) is 2.80. The molecule has 0 amide bonds. The fourth-order valence-electron chi connectivity index (χ4n) is 4.03. The summed E-state index contributed by atoms with van der Waals surface area (Å²) in [5, 5.41) is 8.05. The van der Waals surface area contributed by atoms with Crippen molar-refractivity contribution in [1.29, 1.82) is 0 Å². The zero-order chi connectivity index (χ0) is 24.1. The van der Waals surface area contributed by atoms with Gasteiger partial charge in [0.25, 0.3) is 0 Å². The van der Waals surface area contributed by atoms with Crippen molar-refractivity contribution in [3.05, 3.63) is 99.5 Å². The zero-order valence-corrected chi connectivity index (χ0v) is 23.5. The van der Waals surface area contributed by atoms with Gasteiger partial charge in [0.15, 0.2) is 0 Å². The minimum atomic E-state index is 0. The van der Waals surface area contributed by atoms with E-state index in [1.807, 2.05) is 24.3 Å². The van der Waals surface area contributed by atoms with Gasteiger partial charge in [-0.1, -0.05) is 83.0 Å². The Morgan fingerprint density at radius 2 is 1.57 bits per heavy atom. The largest absolute Gasteiger partial charge is 1.00 e. The molecular formula is C28H28Cl4N2S. The highest BCUT2D eigenvalue weighted by Gasteiger charge is 2.16. The first-order chi connectivity index (χ1) is 16.3. The van der Waals surface area contributed by atoms with E-state index in [1.54, 1.807) is 11.8 Å². The van der Waals surface area contributed by atoms with Crippen LogP contribution in [0.1, 0.15) is 12.0 Å². The zero-order valence-electron chi connectivity index (χ0n) is 19.7. The van der Waals surface area contributed by atoms with Crippen molar-refractivity contribution in [3.63, 3.8) is 0 Å². The molecule has 0 radical (unpaired) electrons. The average Bonchev–Trinajstić information content (AvgIpc) is 2.80. The standard InChI is InChI=1S/C28H28Cl3N2S.ClH/c1-33(2,19-20-8-12-25(30)26(31)16-20)15-5-14-32-27-18-23(29)10-13-28(27)34-24-11-9-21-6-3-4-7-22(21)17-24;/h3-4,6-13,16-18,32H,5,14-15,19H2,1-2H3;1H/q+1;/p-1. The van der Waals surface area contributed by atoms with Crippen LogP contribution in [0.15, 0.2) is 88.7 Å². The van der Waals surface area contributed by atoms with E-state index in [0.29, 0.717) is 10.0 Å². The van der Waals surface area contributed by atoms with E-state index >= 15 is 0 Å². The van der Waals surface area contributed by atoms with Crippen molar-refractivity contribution in [2.45, 2.75) is 22.8 Å². The Bertz CT molecular complexity index is 1290. The molecule has 0 heterocycles. The van der Waals surface area contributed by atoms with Crippen LogP contribution in [0, 0.1) is 0 Å². The molecule has 0 saturated heterocycles. The first-order valence-electron chi connectivity index (χ1n) is 11.3. The van der Waals surface area contributed by atoms with Gasteiger partial charge in [-0.25, -0.2) is 0 Å². The maximum absolute atomic E-state index is 6.32. The Labute approximate surface area is 233 Å². The van der Waals surface area contributed by atoms with Crippen molar-refractivity contribution in [2.75, 3.05) is 32.5 Å². The van der Waals surface area contributed by atoms with Gasteiger partial charge in [-0.2, -0.15) is 0 Å². The summed E-state index contributed by atoms with van der Waals surface area (Å²) in [5.41, 5.74) is 2.26. The molecule has 0 fully saturated rings. The number of anilines is 1. The molecule has 4 aromatic carbocycles. The first-order valence-corrected chi connectivity index (χ1v) is 13.2. The third kappa shape index (κ3) is 7.95. The van der Waals surface area contributed by atoms with E-state index in [-0.39, 0.29) is 12.4 Å². The lowest BCUT2D eigenvalue weighted by atomic mass is 10.1. The monoisotopic (exact) mass is 564 g/mol. The molecule has 1 N–H and O–H groups in total. The van der Waals surface area contributed by atoms with Crippen LogP contribution < -0.4 is 17.7 Å². The van der Waals surface area contributed by atoms with E-state index in [9.17, 15) is 0 Å². The Morgan fingerprint density at radius 1 is 0.800 bits per heavy atom. The smallest absolute Gasteiger partial charge is 0.104 e. The third-order valence-corrected chi connectivity index (χ3v) is 7.78. The second-order valence-corrected chi connectivity index (χ2v) is 11.5. The molecule has 0 aliphatic carbocycles. The summed E-state index contributed by atoms with van der Waals surface area (Å²) in [6, 6.07) is 27.0. The number of nitrogens with zero attached hydrogens (tertiary/aromatic N) is 1. The quantitative estimate of drug-likeness (QED) is 0.196. The number of benzene rings is 4. The van der Waals surface area contributed by atoms with Crippen molar-refractivity contribution < 1.29 is 16.9 Å². The number of nitrogens with one attached hydrogen (secondary N) is 1. The Kier molecular flexibility index (Phi) is 10.1. The number of hydrogen-bond acceptors (Lipinski definition) is 2. The maximum atomic E-state index is 6.32. The minimum Gasteiger partial charge on any atom is -1.00 e. The van der Waals surface area contributed by atoms with Crippen LogP contribution in [0.5, 0.6) is 0 Å². The number of quaternary nitrogens is 1. The highest BCUT2D eigenvalue weighted by molar-refractivity contribution is 7.99. The predicted molar refractivity (Wildman–Crippen MR) is 150 cm³/mol. The molecule has 4 aromatic rings. The minimum absolute atomic E-state index is 0. The summed E-state index contributed by atoms with van der Waals surface area (Å²) in [7, 11) is 4.48. The number of halogens is 4. The highest BCUT2D eigenvalue weighted by Crippen LogP contribution is 2.36. The lowest BCUT2D eigenvalue weighted by molar-refractivity contribution is -0.903. The summed E-state index contributed by atoms with van der Waals surface area (Å²) < 4.78 is 0.869. The van der Waals surface area contributed by atoms with E-state index in [0.717, 1.165) is 41.2 Å². The van der Waals surface area contributed by atoms with Crippen molar-refractivity contribution >= 4 is 63.0 Å². The van der Waals surface area contributed by atoms with Gasteiger partial charge in [0.1, 0.15) is 6.54 Å². The van der Waals surface area contributed by atoms with Gasteiger partial charge >= 0.3 is 0 Å². The third-order valence-electron chi connectivity index (χ3n) is 5.74. The van der Waals surface area contributed by atoms with Gasteiger partial charge in [-0.3, -0.25) is 0 Å². The fourth-order valence-corrected chi connectivity index (χ4v) is 5.47. The van der Waals surface area contributed by atoms with Gasteiger partial charge < -0.3 is 22.2 Å². The molecule has 7 heteroatoms. The lowest BCUT2D eigenvalue weighted by Gasteiger charge is -2.30. The molecule has 0 spiro atoms. The lowest BCUT2D eigenvalue weighted by Crippen LogP contribution is -3.00. The molecule has 0 saturated carbocycles. The van der Waals surface area contributed by atoms with E-state index in [1.165, 1.54) is 26.1 Å². The highest BCUT2D eigenvalue weighted by atomic mass is 35.5. The Hall–Kier alpha value is -1.59. The van der Waals surface area contributed by atoms with Crippen LogP contribution in [-0.4, -0.2) is 31.7 Å². The summed E-state index contributed by atoms with van der Waals surface area (Å²) in [4.78, 5) is 2.38. The van der Waals surface area contributed by atoms with Gasteiger partial charge in [-0.05, 0) is 53.2 Å². The summed E-state index contributed by atoms with van der Waals surface area (Å²) in [5.74, 6) is 0. The second-order valence-electron chi connectivity index (χ2n) is 9.10. The SMILES string of the molecule is C[N+](C)(CCCNc1cc(Cl)ccc1Sc1ccc2ccccc2c1)Cc1ccc(Cl)c(Cl)c1.[Cl-]. The molecular weight excluding hydrogens is 538 g/mol. The van der Waals surface area contributed by atoms with Crippen LogP contribution in [0.3, 0.4) is 0 Å². The molecule has 0 bridgehead atoms. The molecule has 0 unspecified atom stereocenters. The topological polar surface area (TPSA) is 12.0 Å². The molecule has 0 atom stereocenters. The van der Waals surface area contributed by atoms with Crippen molar-refractivity contribution in [3.8, 4) is 0 Å². The molecule has 0 aliphatic rings. The number of rotatable bonds is 9. The van der Waals surface area contributed by atoms with Gasteiger partial charge in [-0.15, -0.1) is 0 Å². The van der Waals surface area contributed by atoms with E-state index in [2.05, 4.69) is 74.0 Å². The maximum Gasteiger partial charge on any atom is 0.104 e. The van der Waals surface area contributed by atoms with Gasteiger partial charge in [0.2, 0.25) is 0 Å². The van der Waals surface area contributed by atoms with Crippen LogP contribution in [0.4, 0.5) is 5.69 Å². The van der Waals surface area contributed by atoms with Crippen LogP contribution in [-0.2, 0) is 6.54 Å². The van der Waals surface area contributed by atoms with Crippen molar-refractivity contribution in [1.82, 2.24) is 0 Å². The molecule has 35 heavy (non-hydrogen) atoms. The van der Waals surface area contributed by atoms with Crippen molar-refractivity contribution in [2.24, 2.45) is 0 Å². The van der Waals surface area contributed by atoms with Gasteiger partial charge in [0, 0.05) is 39.0 Å². The second kappa shape index (κ2) is 12.6. The number of hydrogen-bond donors (Lipinski definition) is 1. The van der Waals surface area contributed by atoms with E-state index < -0.39 is 0 Å². The average molecular weight is 566 g/mol. The first kappa shape index (κ1) is 28.0. The number of fused-ring (bicyclic) bond motifs is 1. The Morgan fingerprint density at radius 3 is 2.34 bits per heavy atom. The Balaban J connectivity index is 0.00000342. The normalized spacial score (nSPS) is 11.3. The van der Waals surface area contributed by atoms with Crippen LogP contribution in [0.2, 0.25) is 15.1 Å².